The van der Waals surface area contributed by atoms with E-state index in [9.17, 15) is 28.3 Å². The number of amides is 1. The standard InChI is InChI=1S/C26H24F3N3O5/c1-26(2,3)37-25(36)30-22-14-9-31(10-15(14)22)21-8-20-13(7-18(21)29)23(33)16(24(34)35)11-32(20)19-5-4-12(27)6-17(19)28/h4-8,11,14-15,22H,9-10H2,1-3H3,(H,30,36)(H,34,35)/t14-,15+,22?. The summed E-state index contributed by atoms with van der Waals surface area (Å²) in [7, 11) is 0. The van der Waals surface area contributed by atoms with Crippen LogP contribution in [0.15, 0.2) is 41.3 Å². The van der Waals surface area contributed by atoms with Gasteiger partial charge < -0.3 is 24.6 Å². The van der Waals surface area contributed by atoms with Gasteiger partial charge in [-0.25, -0.2) is 22.8 Å². The fourth-order valence-electron chi connectivity index (χ4n) is 4.99. The number of carbonyl (C=O) groups is 2. The molecule has 1 saturated carbocycles. The van der Waals surface area contributed by atoms with E-state index in [0.717, 1.165) is 29.0 Å². The lowest BCUT2D eigenvalue weighted by Crippen LogP contribution is -2.38. The number of carboxylic acid groups (broad SMARTS) is 1. The molecule has 1 saturated heterocycles. The van der Waals surface area contributed by atoms with Crippen LogP contribution < -0.4 is 15.6 Å². The van der Waals surface area contributed by atoms with Gasteiger partial charge in [-0.3, -0.25) is 4.79 Å². The van der Waals surface area contributed by atoms with Crippen molar-refractivity contribution in [3.63, 3.8) is 0 Å². The lowest BCUT2D eigenvalue weighted by molar-refractivity contribution is 0.0517. The Hall–Kier alpha value is -4.02. The van der Waals surface area contributed by atoms with Gasteiger partial charge in [-0.2, -0.15) is 0 Å². The number of piperidine rings is 1. The number of nitrogens with zero attached hydrogens (tertiary/aromatic N) is 2. The highest BCUT2D eigenvalue weighted by Crippen LogP contribution is 2.47. The highest BCUT2D eigenvalue weighted by molar-refractivity contribution is 5.94. The number of nitrogens with one attached hydrogen (secondary N) is 1. The second-order valence-corrected chi connectivity index (χ2v) is 10.4. The molecule has 0 bridgehead atoms. The van der Waals surface area contributed by atoms with Gasteiger partial charge in [0.1, 0.15) is 28.6 Å². The highest BCUT2D eigenvalue weighted by atomic mass is 19.1. The minimum absolute atomic E-state index is 0.0703. The normalized spacial score (nSPS) is 20.6. The van der Waals surface area contributed by atoms with Crippen molar-refractivity contribution in [2.75, 3.05) is 18.0 Å². The average molecular weight is 515 g/mol. The Morgan fingerprint density at radius 2 is 1.68 bits per heavy atom. The quantitative estimate of drug-likeness (QED) is 0.544. The number of hydrogen-bond acceptors (Lipinski definition) is 5. The molecule has 1 amide bonds. The largest absolute Gasteiger partial charge is 0.477 e. The van der Waals surface area contributed by atoms with E-state index >= 15 is 4.39 Å². The maximum absolute atomic E-state index is 15.2. The van der Waals surface area contributed by atoms with Crippen LogP contribution in [0, 0.1) is 29.3 Å². The Balaban J connectivity index is 1.49. The SMILES string of the molecule is CC(C)(C)OC(=O)NC1[C@H]2CN(c3cc4c(cc3F)c(=O)c(C(=O)O)cn4-c3ccc(F)cc3F)C[C@@H]12. The van der Waals surface area contributed by atoms with Gasteiger partial charge >= 0.3 is 12.1 Å². The van der Waals surface area contributed by atoms with E-state index in [1.807, 2.05) is 0 Å². The fraction of sp³-hybridized carbons (Fsp3) is 0.346. The number of fused-ring (bicyclic) bond motifs is 2. The first kappa shape index (κ1) is 24.7. The zero-order chi connectivity index (χ0) is 26.8. The predicted octanol–water partition coefficient (Wildman–Crippen LogP) is 4.07. The molecule has 3 aromatic rings. The summed E-state index contributed by atoms with van der Waals surface area (Å²) >= 11 is 0. The molecule has 0 radical (unpaired) electrons. The van der Waals surface area contributed by atoms with E-state index < -0.39 is 46.1 Å². The third kappa shape index (κ3) is 4.49. The number of anilines is 1. The molecule has 8 nitrogen and oxygen atoms in total. The van der Waals surface area contributed by atoms with Crippen LogP contribution in [0.4, 0.5) is 23.7 Å². The molecule has 1 aromatic heterocycles. The molecular weight excluding hydrogens is 491 g/mol. The minimum atomic E-state index is -1.56. The monoisotopic (exact) mass is 515 g/mol. The molecule has 2 aromatic carbocycles. The van der Waals surface area contributed by atoms with Crippen molar-refractivity contribution in [2.24, 2.45) is 11.8 Å². The van der Waals surface area contributed by atoms with Crippen molar-refractivity contribution in [3.05, 3.63) is 69.8 Å². The first-order chi connectivity index (χ1) is 17.3. The molecular formula is C26H24F3N3O5. The molecule has 194 valence electrons. The van der Waals surface area contributed by atoms with Crippen molar-refractivity contribution in [1.82, 2.24) is 9.88 Å². The Morgan fingerprint density at radius 3 is 2.27 bits per heavy atom. The Labute approximate surface area is 209 Å². The van der Waals surface area contributed by atoms with Crippen molar-refractivity contribution < 1.29 is 32.6 Å². The third-order valence-corrected chi connectivity index (χ3v) is 6.69. The molecule has 2 fully saturated rings. The lowest BCUT2D eigenvalue weighted by Gasteiger charge is -2.25. The van der Waals surface area contributed by atoms with Crippen LogP contribution in [0.3, 0.4) is 0 Å². The van der Waals surface area contributed by atoms with Crippen LogP contribution in [-0.4, -0.2) is 46.5 Å². The predicted molar refractivity (Wildman–Crippen MR) is 129 cm³/mol. The van der Waals surface area contributed by atoms with Gasteiger partial charge in [0.05, 0.1) is 16.9 Å². The van der Waals surface area contributed by atoms with E-state index in [1.54, 1.807) is 25.7 Å². The summed E-state index contributed by atoms with van der Waals surface area (Å²) in [5, 5.41) is 12.1. The average Bonchev–Trinajstić information content (AvgIpc) is 3.21. The lowest BCUT2D eigenvalue weighted by atomic mass is 10.1. The first-order valence-electron chi connectivity index (χ1n) is 11.7. The van der Waals surface area contributed by atoms with Crippen molar-refractivity contribution >= 4 is 28.7 Å². The van der Waals surface area contributed by atoms with Crippen molar-refractivity contribution in [1.29, 1.82) is 0 Å². The molecule has 5 rings (SSSR count). The van der Waals surface area contributed by atoms with Gasteiger partial charge in [-0.1, -0.05) is 0 Å². The topological polar surface area (TPSA) is 101 Å². The number of aromatic nitrogens is 1. The Morgan fingerprint density at radius 1 is 1.03 bits per heavy atom. The minimum Gasteiger partial charge on any atom is -0.477 e. The second-order valence-electron chi connectivity index (χ2n) is 10.4. The maximum Gasteiger partial charge on any atom is 0.407 e. The van der Waals surface area contributed by atoms with Gasteiger partial charge in [0.15, 0.2) is 0 Å². The number of pyridine rings is 1. The molecule has 2 aliphatic rings. The summed E-state index contributed by atoms with van der Waals surface area (Å²) in [5.74, 6) is -3.96. The number of carbonyl (C=O) groups excluding carboxylic acids is 1. The van der Waals surface area contributed by atoms with Crippen LogP contribution >= 0.6 is 0 Å². The van der Waals surface area contributed by atoms with Crippen LogP contribution in [0.5, 0.6) is 0 Å². The second kappa shape index (κ2) is 8.53. The summed E-state index contributed by atoms with van der Waals surface area (Å²) in [6.07, 6.45) is 0.433. The smallest absolute Gasteiger partial charge is 0.407 e. The van der Waals surface area contributed by atoms with Gasteiger partial charge in [-0.15, -0.1) is 0 Å². The van der Waals surface area contributed by atoms with Crippen LogP contribution in [-0.2, 0) is 4.74 Å². The van der Waals surface area contributed by atoms with E-state index in [4.69, 9.17) is 4.74 Å². The number of rotatable bonds is 4. The van der Waals surface area contributed by atoms with Crippen LogP contribution in [0.1, 0.15) is 31.1 Å². The number of ether oxygens (including phenoxy) is 1. The van der Waals surface area contributed by atoms with Crippen LogP contribution in [0.25, 0.3) is 16.6 Å². The van der Waals surface area contributed by atoms with Crippen molar-refractivity contribution in [2.45, 2.75) is 32.4 Å². The van der Waals surface area contributed by atoms with Crippen LogP contribution in [0.2, 0.25) is 0 Å². The molecule has 1 aliphatic heterocycles. The van der Waals surface area contributed by atoms with E-state index in [0.29, 0.717) is 19.2 Å². The molecule has 37 heavy (non-hydrogen) atoms. The Bertz CT molecular complexity index is 1500. The Kier molecular flexibility index (Phi) is 5.69. The molecule has 3 atom stereocenters. The van der Waals surface area contributed by atoms with Gasteiger partial charge in [0.25, 0.3) is 0 Å². The van der Waals surface area contributed by atoms with Gasteiger partial charge in [0, 0.05) is 48.6 Å². The molecule has 2 heterocycles. The zero-order valence-corrected chi connectivity index (χ0v) is 20.2. The molecule has 1 aliphatic carbocycles. The molecule has 2 N–H and O–H groups in total. The van der Waals surface area contributed by atoms with E-state index in [2.05, 4.69) is 5.32 Å². The third-order valence-electron chi connectivity index (χ3n) is 6.69. The summed E-state index contributed by atoms with van der Waals surface area (Å²) < 4.78 is 49.8. The number of hydrogen-bond donors (Lipinski definition) is 2. The summed E-state index contributed by atoms with van der Waals surface area (Å²) in [6, 6.07) is 4.95. The number of alkyl carbamates (subject to hydrolysis) is 1. The summed E-state index contributed by atoms with van der Waals surface area (Å²) in [6.45, 7) is 6.15. The molecule has 0 spiro atoms. The first-order valence-corrected chi connectivity index (χ1v) is 11.7. The summed E-state index contributed by atoms with van der Waals surface area (Å²) in [4.78, 5) is 38.3. The van der Waals surface area contributed by atoms with E-state index in [-0.39, 0.29) is 40.2 Å². The fourth-order valence-corrected chi connectivity index (χ4v) is 4.99. The summed E-state index contributed by atoms with van der Waals surface area (Å²) in [5.41, 5.74) is -2.21. The number of benzene rings is 2. The van der Waals surface area contributed by atoms with Crippen molar-refractivity contribution in [3.8, 4) is 5.69 Å². The van der Waals surface area contributed by atoms with E-state index in [1.165, 1.54) is 6.07 Å². The molecule has 1 unspecified atom stereocenters. The number of carboxylic acids is 1. The van der Waals surface area contributed by atoms with Gasteiger partial charge in [0.2, 0.25) is 5.43 Å². The zero-order valence-electron chi connectivity index (χ0n) is 20.2. The number of halogens is 3. The number of aromatic carboxylic acids is 1. The maximum atomic E-state index is 15.2. The molecule has 11 heteroatoms. The highest BCUT2D eigenvalue weighted by Gasteiger charge is 2.57. The van der Waals surface area contributed by atoms with Gasteiger partial charge in [-0.05, 0) is 45.0 Å².